The maximum absolute atomic E-state index is 10.9. The van der Waals surface area contributed by atoms with Crippen LogP contribution in [-0.2, 0) is 6.54 Å². The molecule has 0 fully saturated rings. The standard InChI is InChI=1S/C14H12N2O3/c1-9-6-12(19-15-9)8-16-5-4-10-7-11(14(17)18)2-3-13(10)16/h2-7H,8H2,1H3,(H,17,18). The summed E-state index contributed by atoms with van der Waals surface area (Å²) in [5, 5.41) is 13.7. The quantitative estimate of drug-likeness (QED) is 0.782. The zero-order valence-electron chi connectivity index (χ0n) is 10.3. The number of carbonyl (C=O) groups is 1. The maximum atomic E-state index is 10.9. The molecule has 2 aromatic heterocycles. The molecule has 5 nitrogen and oxygen atoms in total. The number of nitrogens with zero attached hydrogens (tertiary/aromatic N) is 2. The van der Waals surface area contributed by atoms with Crippen molar-refractivity contribution in [2.75, 3.05) is 0 Å². The molecule has 0 radical (unpaired) electrons. The number of hydrogen-bond donors (Lipinski definition) is 1. The van der Waals surface area contributed by atoms with Gasteiger partial charge in [-0.15, -0.1) is 0 Å². The Hall–Kier alpha value is -2.56. The molecule has 19 heavy (non-hydrogen) atoms. The SMILES string of the molecule is Cc1cc(Cn2ccc3cc(C(=O)O)ccc32)on1. The first-order chi connectivity index (χ1) is 9.13. The van der Waals surface area contributed by atoms with Gasteiger partial charge in [-0.1, -0.05) is 5.16 Å². The van der Waals surface area contributed by atoms with E-state index in [1.54, 1.807) is 12.1 Å². The van der Waals surface area contributed by atoms with Crippen molar-refractivity contribution in [1.29, 1.82) is 0 Å². The van der Waals surface area contributed by atoms with Gasteiger partial charge in [-0.25, -0.2) is 4.79 Å². The highest BCUT2D eigenvalue weighted by atomic mass is 16.5. The summed E-state index contributed by atoms with van der Waals surface area (Å²) in [6, 6.07) is 8.86. The van der Waals surface area contributed by atoms with E-state index in [-0.39, 0.29) is 0 Å². The summed E-state index contributed by atoms with van der Waals surface area (Å²) in [6.45, 7) is 2.46. The molecular weight excluding hydrogens is 244 g/mol. The van der Waals surface area contributed by atoms with Crippen molar-refractivity contribution in [3.63, 3.8) is 0 Å². The molecule has 0 unspecified atom stereocenters. The van der Waals surface area contributed by atoms with Crippen molar-refractivity contribution in [2.45, 2.75) is 13.5 Å². The third-order valence-electron chi connectivity index (χ3n) is 3.02. The van der Waals surface area contributed by atoms with Crippen LogP contribution in [0.4, 0.5) is 0 Å². The van der Waals surface area contributed by atoms with Gasteiger partial charge in [0.15, 0.2) is 5.76 Å². The second-order valence-corrected chi connectivity index (χ2v) is 4.46. The zero-order valence-corrected chi connectivity index (χ0v) is 10.3. The number of aromatic nitrogens is 2. The van der Waals surface area contributed by atoms with Gasteiger partial charge in [-0.05, 0) is 31.2 Å². The predicted molar refractivity (Wildman–Crippen MR) is 69.2 cm³/mol. The van der Waals surface area contributed by atoms with Crippen molar-refractivity contribution in [3.05, 3.63) is 53.5 Å². The second-order valence-electron chi connectivity index (χ2n) is 4.46. The van der Waals surface area contributed by atoms with E-state index >= 15 is 0 Å². The summed E-state index contributed by atoms with van der Waals surface area (Å²) in [6.07, 6.45) is 1.91. The van der Waals surface area contributed by atoms with Crippen LogP contribution in [0.3, 0.4) is 0 Å². The highest BCUT2D eigenvalue weighted by Crippen LogP contribution is 2.19. The first kappa shape index (κ1) is 11.5. The van der Waals surface area contributed by atoms with E-state index in [0.29, 0.717) is 12.1 Å². The van der Waals surface area contributed by atoms with Crippen LogP contribution >= 0.6 is 0 Å². The fraction of sp³-hybridized carbons (Fsp3) is 0.143. The van der Waals surface area contributed by atoms with Crippen LogP contribution in [0.25, 0.3) is 10.9 Å². The minimum Gasteiger partial charge on any atom is -0.478 e. The summed E-state index contributed by atoms with van der Waals surface area (Å²) < 4.78 is 7.18. The third kappa shape index (κ3) is 2.10. The fourth-order valence-electron chi connectivity index (χ4n) is 2.13. The smallest absolute Gasteiger partial charge is 0.335 e. The van der Waals surface area contributed by atoms with Gasteiger partial charge in [0.1, 0.15) is 0 Å². The second kappa shape index (κ2) is 4.28. The van der Waals surface area contributed by atoms with Crippen LogP contribution in [0.15, 0.2) is 41.1 Å². The Labute approximate surface area is 109 Å². The molecule has 0 atom stereocenters. The van der Waals surface area contributed by atoms with Gasteiger partial charge >= 0.3 is 5.97 Å². The maximum Gasteiger partial charge on any atom is 0.335 e. The van der Waals surface area contributed by atoms with Crippen molar-refractivity contribution < 1.29 is 14.4 Å². The summed E-state index contributed by atoms with van der Waals surface area (Å²) in [5.74, 6) is -0.141. The highest BCUT2D eigenvalue weighted by Gasteiger charge is 2.08. The van der Waals surface area contributed by atoms with E-state index in [1.807, 2.05) is 35.9 Å². The molecule has 0 aliphatic rings. The average Bonchev–Trinajstić information content (AvgIpc) is 2.96. The van der Waals surface area contributed by atoms with Crippen LogP contribution in [0, 0.1) is 6.92 Å². The van der Waals surface area contributed by atoms with Gasteiger partial charge < -0.3 is 14.2 Å². The molecule has 0 aliphatic carbocycles. The Morgan fingerprint density at radius 2 is 2.21 bits per heavy atom. The molecule has 1 N–H and O–H groups in total. The first-order valence-electron chi connectivity index (χ1n) is 5.88. The highest BCUT2D eigenvalue weighted by molar-refractivity contribution is 5.93. The lowest BCUT2D eigenvalue weighted by molar-refractivity contribution is 0.0697. The minimum atomic E-state index is -0.916. The van der Waals surface area contributed by atoms with E-state index in [0.717, 1.165) is 22.4 Å². The Balaban J connectivity index is 1.99. The molecule has 0 aliphatic heterocycles. The van der Waals surface area contributed by atoms with Gasteiger partial charge in [0.2, 0.25) is 0 Å². The Kier molecular flexibility index (Phi) is 2.59. The van der Waals surface area contributed by atoms with E-state index < -0.39 is 5.97 Å². The van der Waals surface area contributed by atoms with Crippen molar-refractivity contribution >= 4 is 16.9 Å². The number of fused-ring (bicyclic) bond motifs is 1. The molecule has 1 aromatic carbocycles. The number of aromatic carboxylic acids is 1. The van der Waals surface area contributed by atoms with E-state index in [4.69, 9.17) is 9.63 Å². The number of carboxylic acid groups (broad SMARTS) is 1. The lowest BCUT2D eigenvalue weighted by atomic mass is 10.1. The van der Waals surface area contributed by atoms with Crippen molar-refractivity contribution in [2.24, 2.45) is 0 Å². The molecule has 96 valence electrons. The van der Waals surface area contributed by atoms with Gasteiger partial charge in [-0.3, -0.25) is 0 Å². The molecule has 0 saturated heterocycles. The van der Waals surface area contributed by atoms with Crippen LogP contribution in [0.2, 0.25) is 0 Å². The number of benzene rings is 1. The largest absolute Gasteiger partial charge is 0.478 e. The van der Waals surface area contributed by atoms with Crippen LogP contribution in [-0.4, -0.2) is 20.8 Å². The molecule has 0 amide bonds. The predicted octanol–water partition coefficient (Wildman–Crippen LogP) is 2.68. The normalized spacial score (nSPS) is 11.0. The molecule has 0 spiro atoms. The molecule has 3 aromatic rings. The topological polar surface area (TPSA) is 68.3 Å². The van der Waals surface area contributed by atoms with Crippen LogP contribution in [0.1, 0.15) is 21.8 Å². The number of hydrogen-bond acceptors (Lipinski definition) is 3. The van der Waals surface area contributed by atoms with Crippen LogP contribution in [0.5, 0.6) is 0 Å². The molecular formula is C14H12N2O3. The summed E-state index contributed by atoms with van der Waals surface area (Å²) in [5.41, 5.74) is 2.11. The Morgan fingerprint density at radius 1 is 1.37 bits per heavy atom. The third-order valence-corrected chi connectivity index (χ3v) is 3.02. The van der Waals surface area contributed by atoms with Gasteiger partial charge in [0.25, 0.3) is 0 Å². The van der Waals surface area contributed by atoms with Gasteiger partial charge in [0, 0.05) is 23.2 Å². The lowest BCUT2D eigenvalue weighted by Gasteiger charge is -2.02. The molecule has 0 saturated carbocycles. The van der Waals surface area contributed by atoms with E-state index in [2.05, 4.69) is 5.16 Å². The van der Waals surface area contributed by atoms with Crippen molar-refractivity contribution in [3.8, 4) is 0 Å². The fourth-order valence-corrected chi connectivity index (χ4v) is 2.13. The lowest BCUT2D eigenvalue weighted by Crippen LogP contribution is -1.98. The number of aryl methyl sites for hydroxylation is 1. The molecule has 0 bridgehead atoms. The molecule has 3 rings (SSSR count). The number of rotatable bonds is 3. The summed E-state index contributed by atoms with van der Waals surface area (Å²) in [7, 11) is 0. The first-order valence-corrected chi connectivity index (χ1v) is 5.88. The van der Waals surface area contributed by atoms with Gasteiger partial charge in [0.05, 0.1) is 17.8 Å². The summed E-state index contributed by atoms with van der Waals surface area (Å²) >= 11 is 0. The molecule has 2 heterocycles. The van der Waals surface area contributed by atoms with E-state index in [9.17, 15) is 4.79 Å². The molecule has 5 heteroatoms. The van der Waals surface area contributed by atoms with E-state index in [1.165, 1.54) is 0 Å². The summed E-state index contributed by atoms with van der Waals surface area (Å²) in [4.78, 5) is 10.9. The monoisotopic (exact) mass is 256 g/mol. The van der Waals surface area contributed by atoms with Gasteiger partial charge in [-0.2, -0.15) is 0 Å². The van der Waals surface area contributed by atoms with Crippen LogP contribution < -0.4 is 0 Å². The minimum absolute atomic E-state index is 0.292. The number of carboxylic acids is 1. The average molecular weight is 256 g/mol. The Morgan fingerprint density at radius 3 is 2.89 bits per heavy atom. The zero-order chi connectivity index (χ0) is 13.4. The Bertz CT molecular complexity index is 755. The van der Waals surface area contributed by atoms with Crippen molar-refractivity contribution in [1.82, 2.24) is 9.72 Å².